The fraction of sp³-hybridized carbons (Fsp3) is 0.0556. The first-order valence-corrected chi connectivity index (χ1v) is 9.16. The highest BCUT2D eigenvalue weighted by molar-refractivity contribution is 7.99. The van der Waals surface area contributed by atoms with Crippen molar-refractivity contribution in [3.8, 4) is 11.5 Å². The molecule has 0 saturated heterocycles. The minimum atomic E-state index is -0.720. The van der Waals surface area contributed by atoms with E-state index in [1.54, 1.807) is 42.5 Å². The van der Waals surface area contributed by atoms with Gasteiger partial charge in [-0.25, -0.2) is 9.67 Å². The molecule has 134 valence electrons. The van der Waals surface area contributed by atoms with Gasteiger partial charge >= 0.3 is 0 Å². The Morgan fingerprint density at radius 1 is 1.11 bits per heavy atom. The van der Waals surface area contributed by atoms with Crippen LogP contribution in [0.1, 0.15) is 15.7 Å². The molecule has 0 aliphatic heterocycles. The van der Waals surface area contributed by atoms with Gasteiger partial charge in [-0.15, -0.1) is 10.2 Å². The molecule has 0 aliphatic carbocycles. The maximum Gasteiger partial charge on any atom is 0.279 e. The second kappa shape index (κ2) is 7.73. The van der Waals surface area contributed by atoms with E-state index in [2.05, 4.69) is 20.3 Å². The van der Waals surface area contributed by atoms with Gasteiger partial charge in [0.1, 0.15) is 12.7 Å². The largest absolute Gasteiger partial charge is 0.411 e. The van der Waals surface area contributed by atoms with Gasteiger partial charge in [0.05, 0.1) is 0 Å². The van der Waals surface area contributed by atoms with Crippen molar-refractivity contribution in [2.45, 2.75) is 10.6 Å². The lowest BCUT2D eigenvalue weighted by molar-refractivity contribution is 0.0962. The van der Waals surface area contributed by atoms with Gasteiger partial charge in [0.2, 0.25) is 5.89 Å². The van der Waals surface area contributed by atoms with Crippen LogP contribution in [0, 0.1) is 0 Å². The van der Waals surface area contributed by atoms with Gasteiger partial charge in [-0.2, -0.15) is 5.10 Å². The second-order valence-corrected chi connectivity index (χ2v) is 6.93. The Bertz CT molecular complexity index is 1050. The summed E-state index contributed by atoms with van der Waals surface area (Å²) in [5.41, 5.74) is 1.26. The maximum absolute atomic E-state index is 13.0. The Kier molecular flexibility index (Phi) is 4.99. The van der Waals surface area contributed by atoms with Gasteiger partial charge in [-0.3, -0.25) is 4.79 Å². The summed E-state index contributed by atoms with van der Waals surface area (Å²) in [7, 11) is 0. The van der Waals surface area contributed by atoms with E-state index < -0.39 is 5.37 Å². The molecule has 1 unspecified atom stereocenters. The number of aromatic nitrogens is 5. The third kappa shape index (κ3) is 3.91. The first-order valence-electron chi connectivity index (χ1n) is 7.90. The van der Waals surface area contributed by atoms with Gasteiger partial charge in [0, 0.05) is 16.1 Å². The van der Waals surface area contributed by atoms with E-state index in [9.17, 15) is 4.79 Å². The van der Waals surface area contributed by atoms with Crippen molar-refractivity contribution in [3.05, 3.63) is 77.8 Å². The molecule has 0 amide bonds. The van der Waals surface area contributed by atoms with Crippen LogP contribution in [0.3, 0.4) is 0 Å². The van der Waals surface area contributed by atoms with Gasteiger partial charge in [0.15, 0.2) is 11.2 Å². The molecule has 0 bridgehead atoms. The molecule has 0 spiro atoms. The number of carbonyl (C=O) groups excluding carboxylic acids is 1. The third-order valence-electron chi connectivity index (χ3n) is 3.65. The van der Waals surface area contributed by atoms with Crippen molar-refractivity contribution in [3.63, 3.8) is 0 Å². The van der Waals surface area contributed by atoms with Crippen LogP contribution in [0.5, 0.6) is 0 Å². The summed E-state index contributed by atoms with van der Waals surface area (Å²) in [5.74, 6) is 0.179. The van der Waals surface area contributed by atoms with Crippen LogP contribution in [0.15, 0.2) is 76.9 Å². The molecule has 4 aromatic rings. The quantitative estimate of drug-likeness (QED) is 0.356. The maximum atomic E-state index is 13.0. The molecule has 9 heteroatoms. The molecular weight excluding hydrogens is 386 g/mol. The number of Topliss-reactive ketones (excluding diaryl/α,β-unsaturated/α-hetero) is 1. The van der Waals surface area contributed by atoms with Crippen LogP contribution in [-0.4, -0.2) is 30.7 Å². The number of hydrogen-bond acceptors (Lipinski definition) is 7. The van der Waals surface area contributed by atoms with Crippen LogP contribution in [0.4, 0.5) is 0 Å². The first kappa shape index (κ1) is 17.4. The molecule has 7 nitrogen and oxygen atoms in total. The zero-order valence-electron chi connectivity index (χ0n) is 13.8. The standard InChI is InChI=1S/C18H12ClN5O2S/c19-14-8-4-7-13(9-14)16-22-23-18(26-16)27-17(24-11-20-10-21-24)15(25)12-5-2-1-3-6-12/h1-11,17H. The number of rotatable bonds is 6. The Labute approximate surface area is 163 Å². The number of ketones is 1. The average molecular weight is 398 g/mol. The lowest BCUT2D eigenvalue weighted by atomic mass is 10.1. The molecule has 4 rings (SSSR count). The summed E-state index contributed by atoms with van der Waals surface area (Å²) in [5, 5.41) is 12.3. The predicted molar refractivity (Wildman–Crippen MR) is 100 cm³/mol. The highest BCUT2D eigenvalue weighted by Gasteiger charge is 2.26. The van der Waals surface area contributed by atoms with Crippen LogP contribution >= 0.6 is 23.4 Å². The molecule has 0 fully saturated rings. The summed E-state index contributed by atoms with van der Waals surface area (Å²) < 4.78 is 7.17. The number of thioether (sulfide) groups is 1. The number of halogens is 1. The Morgan fingerprint density at radius 3 is 2.70 bits per heavy atom. The van der Waals surface area contributed by atoms with Gasteiger partial charge in [0.25, 0.3) is 5.22 Å². The summed E-state index contributed by atoms with van der Waals surface area (Å²) in [4.78, 5) is 16.9. The van der Waals surface area contributed by atoms with Crippen molar-refractivity contribution in [1.29, 1.82) is 0 Å². The van der Waals surface area contributed by atoms with Gasteiger partial charge in [-0.1, -0.05) is 48.0 Å². The molecule has 0 N–H and O–H groups in total. The number of hydrogen-bond donors (Lipinski definition) is 0. The predicted octanol–water partition coefficient (Wildman–Crippen LogP) is 4.16. The molecule has 2 aromatic heterocycles. The van der Waals surface area contributed by atoms with E-state index in [-0.39, 0.29) is 11.0 Å². The minimum Gasteiger partial charge on any atom is -0.411 e. The summed E-state index contributed by atoms with van der Waals surface area (Å²) in [6.45, 7) is 0. The minimum absolute atomic E-state index is 0.145. The van der Waals surface area contributed by atoms with Crippen LogP contribution in [0.2, 0.25) is 5.02 Å². The molecule has 0 aliphatic rings. The van der Waals surface area contributed by atoms with Crippen molar-refractivity contribution in [1.82, 2.24) is 25.0 Å². The van der Waals surface area contributed by atoms with E-state index in [4.69, 9.17) is 16.0 Å². The Balaban J connectivity index is 1.62. The Hall–Kier alpha value is -2.97. The SMILES string of the molecule is O=C(c1ccccc1)C(Sc1nnc(-c2cccc(Cl)c2)o1)n1cncn1. The zero-order valence-corrected chi connectivity index (χ0v) is 15.3. The molecule has 2 aromatic carbocycles. The number of benzene rings is 2. The van der Waals surface area contributed by atoms with E-state index in [1.165, 1.54) is 17.3 Å². The molecular formula is C18H12ClN5O2S. The molecule has 27 heavy (non-hydrogen) atoms. The zero-order chi connectivity index (χ0) is 18.6. The third-order valence-corrected chi connectivity index (χ3v) is 4.91. The second-order valence-electron chi connectivity index (χ2n) is 5.46. The highest BCUT2D eigenvalue weighted by Crippen LogP contribution is 2.34. The van der Waals surface area contributed by atoms with E-state index in [0.717, 1.165) is 11.8 Å². The fourth-order valence-corrected chi connectivity index (χ4v) is 3.46. The summed E-state index contributed by atoms with van der Waals surface area (Å²) >= 11 is 7.11. The molecule has 2 heterocycles. The van der Waals surface area contributed by atoms with E-state index in [1.807, 2.05) is 12.1 Å². The summed E-state index contributed by atoms with van der Waals surface area (Å²) in [6, 6.07) is 16.1. The number of carbonyl (C=O) groups is 1. The van der Waals surface area contributed by atoms with Gasteiger partial charge < -0.3 is 4.42 Å². The van der Waals surface area contributed by atoms with Gasteiger partial charge in [-0.05, 0) is 30.0 Å². The van der Waals surface area contributed by atoms with E-state index >= 15 is 0 Å². The fourth-order valence-electron chi connectivity index (χ4n) is 2.40. The highest BCUT2D eigenvalue weighted by atomic mass is 35.5. The number of nitrogens with zero attached hydrogens (tertiary/aromatic N) is 5. The molecule has 0 saturated carbocycles. The van der Waals surface area contributed by atoms with Crippen LogP contribution in [-0.2, 0) is 0 Å². The van der Waals surface area contributed by atoms with E-state index in [0.29, 0.717) is 22.0 Å². The van der Waals surface area contributed by atoms with Crippen molar-refractivity contribution >= 4 is 29.1 Å². The smallest absolute Gasteiger partial charge is 0.279 e. The lowest BCUT2D eigenvalue weighted by Gasteiger charge is -2.13. The Morgan fingerprint density at radius 2 is 1.96 bits per heavy atom. The molecule has 1 atom stereocenters. The van der Waals surface area contributed by atoms with Crippen molar-refractivity contribution in [2.75, 3.05) is 0 Å². The van der Waals surface area contributed by atoms with Crippen LogP contribution in [0.25, 0.3) is 11.5 Å². The summed E-state index contributed by atoms with van der Waals surface area (Å²) in [6.07, 6.45) is 2.85. The molecule has 0 radical (unpaired) electrons. The van der Waals surface area contributed by atoms with Crippen molar-refractivity contribution in [2.24, 2.45) is 0 Å². The normalized spacial score (nSPS) is 12.0. The van der Waals surface area contributed by atoms with Crippen molar-refractivity contribution < 1.29 is 9.21 Å². The lowest BCUT2D eigenvalue weighted by Crippen LogP contribution is -2.17. The topological polar surface area (TPSA) is 86.7 Å². The average Bonchev–Trinajstić information content (AvgIpc) is 3.38. The monoisotopic (exact) mass is 397 g/mol. The van der Waals surface area contributed by atoms with Crippen LogP contribution < -0.4 is 0 Å². The first-order chi connectivity index (χ1) is 13.2.